The number of hydrogen-bond acceptors (Lipinski definition) is 2. The Balaban J connectivity index is 2.85. The molecule has 2 nitrogen and oxygen atoms in total. The van der Waals surface area contributed by atoms with Crippen molar-refractivity contribution in [3.63, 3.8) is 0 Å². The Kier molecular flexibility index (Phi) is 3.74. The van der Waals surface area contributed by atoms with E-state index in [-0.39, 0.29) is 11.3 Å². The maximum absolute atomic E-state index is 13.2. The van der Waals surface area contributed by atoms with Crippen molar-refractivity contribution < 1.29 is 22.3 Å². The summed E-state index contributed by atoms with van der Waals surface area (Å²) in [7, 11) is 1.27. The van der Waals surface area contributed by atoms with Gasteiger partial charge in [-0.15, -0.1) is 0 Å². The molecular weight excluding hydrogens is 226 g/mol. The fourth-order valence-corrected chi connectivity index (χ4v) is 1.28. The molecule has 1 aromatic rings. The smallest absolute Gasteiger partial charge is 0.390 e. The number of nitrogens with two attached hydrogens (primary N) is 1. The Hall–Kier alpha value is -1.30. The molecule has 0 bridgehead atoms. The zero-order valence-electron chi connectivity index (χ0n) is 8.51. The molecule has 1 rings (SSSR count). The largest absolute Gasteiger partial charge is 0.494 e. The molecule has 2 N–H and O–H groups in total. The lowest BCUT2D eigenvalue weighted by molar-refractivity contribution is -0.138. The molecule has 0 saturated carbocycles. The number of benzene rings is 1. The van der Waals surface area contributed by atoms with Crippen LogP contribution in [0.3, 0.4) is 0 Å². The molecule has 0 saturated heterocycles. The summed E-state index contributed by atoms with van der Waals surface area (Å²) in [5, 5.41) is 0. The summed E-state index contributed by atoms with van der Waals surface area (Å²) in [6.45, 7) is 0. The van der Waals surface area contributed by atoms with E-state index in [9.17, 15) is 17.6 Å². The van der Waals surface area contributed by atoms with Crippen molar-refractivity contribution in [3.05, 3.63) is 29.6 Å². The molecule has 0 amide bonds. The highest BCUT2D eigenvalue weighted by atomic mass is 19.4. The lowest BCUT2D eigenvalue weighted by Gasteiger charge is -2.15. The second-order valence-electron chi connectivity index (χ2n) is 3.32. The Morgan fingerprint density at radius 1 is 1.38 bits per heavy atom. The summed E-state index contributed by atoms with van der Waals surface area (Å²) in [6.07, 6.45) is -5.55. The third kappa shape index (κ3) is 3.37. The van der Waals surface area contributed by atoms with Crippen molar-refractivity contribution in [3.8, 4) is 5.75 Å². The van der Waals surface area contributed by atoms with Crippen LogP contribution in [0.2, 0.25) is 0 Å². The summed E-state index contributed by atoms with van der Waals surface area (Å²) < 4.78 is 53.9. The van der Waals surface area contributed by atoms with Crippen molar-refractivity contribution in [2.45, 2.75) is 18.6 Å². The number of alkyl halides is 3. The molecule has 0 aliphatic rings. The number of methoxy groups -OCH3 is 1. The van der Waals surface area contributed by atoms with Crippen LogP contribution in [0.4, 0.5) is 17.6 Å². The Bertz CT molecular complexity index is 364. The first-order valence-corrected chi connectivity index (χ1v) is 4.49. The summed E-state index contributed by atoms with van der Waals surface area (Å²) in [5.41, 5.74) is 5.41. The second kappa shape index (κ2) is 4.69. The number of halogens is 4. The average molecular weight is 237 g/mol. The molecule has 0 fully saturated rings. The molecule has 6 heteroatoms. The first kappa shape index (κ1) is 12.8. The fourth-order valence-electron chi connectivity index (χ4n) is 1.28. The normalized spacial score (nSPS) is 13.6. The lowest BCUT2D eigenvalue weighted by atomic mass is 10.0. The van der Waals surface area contributed by atoms with Gasteiger partial charge in [0.05, 0.1) is 13.5 Å². The third-order valence-electron chi connectivity index (χ3n) is 2.06. The minimum absolute atomic E-state index is 0.0250. The van der Waals surface area contributed by atoms with E-state index < -0.39 is 24.5 Å². The van der Waals surface area contributed by atoms with Gasteiger partial charge < -0.3 is 10.5 Å². The molecule has 0 aliphatic carbocycles. The highest BCUT2D eigenvalue weighted by Crippen LogP contribution is 2.29. The van der Waals surface area contributed by atoms with E-state index in [1.807, 2.05) is 0 Å². The van der Waals surface area contributed by atoms with Crippen LogP contribution in [0.1, 0.15) is 18.0 Å². The van der Waals surface area contributed by atoms with Gasteiger partial charge in [-0.1, -0.05) is 6.07 Å². The minimum atomic E-state index is -4.37. The van der Waals surface area contributed by atoms with Gasteiger partial charge in [0, 0.05) is 6.04 Å². The molecule has 0 heterocycles. The zero-order valence-corrected chi connectivity index (χ0v) is 8.51. The first-order valence-electron chi connectivity index (χ1n) is 4.49. The van der Waals surface area contributed by atoms with E-state index in [2.05, 4.69) is 4.74 Å². The van der Waals surface area contributed by atoms with E-state index in [1.165, 1.54) is 19.2 Å². The summed E-state index contributed by atoms with van der Waals surface area (Å²) >= 11 is 0. The molecule has 16 heavy (non-hydrogen) atoms. The first-order chi connectivity index (χ1) is 7.33. The number of rotatable bonds is 3. The third-order valence-corrected chi connectivity index (χ3v) is 2.06. The van der Waals surface area contributed by atoms with Crippen LogP contribution in [0.15, 0.2) is 18.2 Å². The predicted molar refractivity (Wildman–Crippen MR) is 50.6 cm³/mol. The van der Waals surface area contributed by atoms with Gasteiger partial charge >= 0.3 is 6.18 Å². The van der Waals surface area contributed by atoms with Crippen LogP contribution in [0, 0.1) is 5.82 Å². The van der Waals surface area contributed by atoms with Gasteiger partial charge in [-0.3, -0.25) is 0 Å². The van der Waals surface area contributed by atoms with Crippen molar-refractivity contribution in [1.29, 1.82) is 0 Å². The van der Waals surface area contributed by atoms with Crippen molar-refractivity contribution >= 4 is 0 Å². The van der Waals surface area contributed by atoms with Crippen LogP contribution < -0.4 is 10.5 Å². The highest BCUT2D eigenvalue weighted by Gasteiger charge is 2.31. The molecule has 0 aromatic heterocycles. The molecule has 0 radical (unpaired) electrons. The van der Waals surface area contributed by atoms with E-state index in [0.29, 0.717) is 0 Å². The Morgan fingerprint density at radius 3 is 2.44 bits per heavy atom. The SMILES string of the molecule is COc1ccc([C@@H](N)CC(F)(F)F)cc1F. The minimum Gasteiger partial charge on any atom is -0.494 e. The zero-order chi connectivity index (χ0) is 12.3. The van der Waals surface area contributed by atoms with E-state index in [1.54, 1.807) is 0 Å². The molecule has 0 unspecified atom stereocenters. The van der Waals surface area contributed by atoms with Gasteiger partial charge in [0.25, 0.3) is 0 Å². The van der Waals surface area contributed by atoms with Crippen LogP contribution >= 0.6 is 0 Å². The van der Waals surface area contributed by atoms with E-state index in [4.69, 9.17) is 5.73 Å². The monoisotopic (exact) mass is 237 g/mol. The van der Waals surface area contributed by atoms with Gasteiger partial charge in [-0.25, -0.2) is 4.39 Å². The van der Waals surface area contributed by atoms with Crippen LogP contribution in [-0.4, -0.2) is 13.3 Å². The van der Waals surface area contributed by atoms with Crippen LogP contribution in [0.25, 0.3) is 0 Å². The number of ether oxygens (including phenoxy) is 1. The summed E-state index contributed by atoms with van der Waals surface area (Å²) in [4.78, 5) is 0. The van der Waals surface area contributed by atoms with Gasteiger partial charge in [-0.2, -0.15) is 13.2 Å². The Labute approximate surface area is 90.0 Å². The molecule has 90 valence electrons. The van der Waals surface area contributed by atoms with Crippen molar-refractivity contribution in [1.82, 2.24) is 0 Å². The average Bonchev–Trinajstić information content (AvgIpc) is 2.15. The molecule has 0 spiro atoms. The maximum Gasteiger partial charge on any atom is 0.390 e. The maximum atomic E-state index is 13.2. The van der Waals surface area contributed by atoms with Gasteiger partial charge in [-0.05, 0) is 17.7 Å². The van der Waals surface area contributed by atoms with Gasteiger partial charge in [0.2, 0.25) is 0 Å². The summed E-state index contributed by atoms with van der Waals surface area (Å²) in [6, 6.07) is 2.26. The Morgan fingerprint density at radius 2 is 2.00 bits per heavy atom. The standard InChI is InChI=1S/C10H11F4NO/c1-16-9-3-2-6(4-7(9)11)8(15)5-10(12,13)14/h2-4,8H,5,15H2,1H3/t8-/m0/s1. The van der Waals surface area contributed by atoms with Crippen LogP contribution in [-0.2, 0) is 0 Å². The van der Waals surface area contributed by atoms with Crippen molar-refractivity contribution in [2.75, 3.05) is 7.11 Å². The van der Waals surface area contributed by atoms with E-state index in [0.717, 1.165) is 6.07 Å². The fraction of sp³-hybridized carbons (Fsp3) is 0.400. The molecular formula is C10H11F4NO. The van der Waals surface area contributed by atoms with Gasteiger partial charge in [0.15, 0.2) is 11.6 Å². The lowest BCUT2D eigenvalue weighted by Crippen LogP contribution is -2.20. The summed E-state index contributed by atoms with van der Waals surface area (Å²) in [5.74, 6) is -0.749. The molecule has 1 aromatic carbocycles. The second-order valence-corrected chi connectivity index (χ2v) is 3.32. The quantitative estimate of drug-likeness (QED) is 0.820. The van der Waals surface area contributed by atoms with E-state index >= 15 is 0 Å². The number of hydrogen-bond donors (Lipinski definition) is 1. The topological polar surface area (TPSA) is 35.2 Å². The highest BCUT2D eigenvalue weighted by molar-refractivity contribution is 5.30. The predicted octanol–water partition coefficient (Wildman–Crippen LogP) is 2.79. The molecule has 0 aliphatic heterocycles. The molecule has 1 atom stereocenters. The van der Waals surface area contributed by atoms with Crippen LogP contribution in [0.5, 0.6) is 5.75 Å². The van der Waals surface area contributed by atoms with Gasteiger partial charge in [0.1, 0.15) is 0 Å². The van der Waals surface area contributed by atoms with Crippen molar-refractivity contribution in [2.24, 2.45) is 5.73 Å².